The lowest BCUT2D eigenvalue weighted by atomic mass is 10.1. The molecule has 0 saturated carbocycles. The second-order valence-corrected chi connectivity index (χ2v) is 6.76. The molecule has 1 aliphatic rings. The topological polar surface area (TPSA) is 102 Å². The number of anilines is 1. The van der Waals surface area contributed by atoms with Gasteiger partial charge >= 0.3 is 0 Å². The van der Waals surface area contributed by atoms with Crippen molar-refractivity contribution >= 4 is 21.6 Å². The molecular formula is C11H14FN3O3S. The molecule has 0 unspecified atom stereocenters. The summed E-state index contributed by atoms with van der Waals surface area (Å²) in [6.07, 6.45) is 1.94. The number of carbonyl (C=O) groups is 1. The van der Waals surface area contributed by atoms with E-state index in [1.165, 1.54) is 12.3 Å². The number of nitrogens with zero attached hydrogens (tertiary/aromatic N) is 1. The Labute approximate surface area is 110 Å². The van der Waals surface area contributed by atoms with E-state index in [2.05, 4.69) is 10.3 Å². The molecule has 8 heteroatoms. The van der Waals surface area contributed by atoms with E-state index in [0.29, 0.717) is 12.8 Å². The van der Waals surface area contributed by atoms with Gasteiger partial charge in [-0.05, 0) is 18.9 Å². The van der Waals surface area contributed by atoms with Crippen molar-refractivity contribution in [2.45, 2.75) is 18.9 Å². The number of hydrogen-bond donors (Lipinski definition) is 2. The van der Waals surface area contributed by atoms with Crippen LogP contribution in [0, 0.1) is 5.82 Å². The van der Waals surface area contributed by atoms with E-state index < -0.39 is 21.6 Å². The number of hydrogen-bond acceptors (Lipinski definition) is 5. The molecule has 6 nitrogen and oxygen atoms in total. The van der Waals surface area contributed by atoms with Crippen molar-refractivity contribution in [2.24, 2.45) is 0 Å². The van der Waals surface area contributed by atoms with Crippen molar-refractivity contribution in [3.8, 4) is 0 Å². The standard InChI is InChI=1S/C11H14FN3O3S/c12-9-8(1-4-14-10(9)13)11(16)15-7-2-5-19(17,18)6-3-7/h1,4,7H,2-3,5-6H2,(H2,13,14)(H,15,16). The number of halogens is 1. The van der Waals surface area contributed by atoms with Crippen molar-refractivity contribution in [3.05, 3.63) is 23.6 Å². The van der Waals surface area contributed by atoms with E-state index in [-0.39, 0.29) is 28.9 Å². The van der Waals surface area contributed by atoms with Crippen LogP contribution < -0.4 is 11.1 Å². The second-order valence-electron chi connectivity index (χ2n) is 4.46. The third-order valence-corrected chi connectivity index (χ3v) is 4.77. The molecule has 19 heavy (non-hydrogen) atoms. The van der Waals surface area contributed by atoms with Gasteiger partial charge in [0.25, 0.3) is 5.91 Å². The van der Waals surface area contributed by atoms with Gasteiger partial charge in [0, 0.05) is 12.2 Å². The summed E-state index contributed by atoms with van der Waals surface area (Å²) in [5, 5.41) is 2.61. The number of pyridine rings is 1. The number of nitrogen functional groups attached to an aromatic ring is 1. The van der Waals surface area contributed by atoms with E-state index in [9.17, 15) is 17.6 Å². The molecule has 1 aliphatic heterocycles. The number of aromatic nitrogens is 1. The van der Waals surface area contributed by atoms with Gasteiger partial charge in [-0.3, -0.25) is 4.79 Å². The monoisotopic (exact) mass is 287 g/mol. The Hall–Kier alpha value is -1.70. The fourth-order valence-electron chi connectivity index (χ4n) is 1.93. The van der Waals surface area contributed by atoms with Gasteiger partial charge in [0.2, 0.25) is 0 Å². The molecule has 0 aromatic carbocycles. The molecule has 1 aromatic rings. The highest BCUT2D eigenvalue weighted by Gasteiger charge is 2.26. The van der Waals surface area contributed by atoms with Gasteiger partial charge in [-0.25, -0.2) is 17.8 Å². The summed E-state index contributed by atoms with van der Waals surface area (Å²) in [6.45, 7) is 0. The maximum absolute atomic E-state index is 13.6. The van der Waals surface area contributed by atoms with Crippen LogP contribution in [0.25, 0.3) is 0 Å². The highest BCUT2D eigenvalue weighted by atomic mass is 32.2. The molecule has 1 fully saturated rings. The molecule has 0 atom stereocenters. The molecule has 1 amide bonds. The van der Waals surface area contributed by atoms with Crippen LogP contribution in [-0.4, -0.2) is 36.9 Å². The van der Waals surface area contributed by atoms with Crippen molar-refractivity contribution in [1.82, 2.24) is 10.3 Å². The molecule has 3 N–H and O–H groups in total. The minimum absolute atomic E-state index is 0.0406. The van der Waals surface area contributed by atoms with Crippen LogP contribution >= 0.6 is 0 Å². The van der Waals surface area contributed by atoms with Gasteiger partial charge in [-0.1, -0.05) is 0 Å². The molecule has 2 rings (SSSR count). The average Bonchev–Trinajstić information content (AvgIpc) is 2.35. The maximum Gasteiger partial charge on any atom is 0.254 e. The highest BCUT2D eigenvalue weighted by Crippen LogP contribution is 2.15. The van der Waals surface area contributed by atoms with E-state index in [1.807, 2.05) is 0 Å². The van der Waals surface area contributed by atoms with Gasteiger partial charge in [-0.15, -0.1) is 0 Å². The molecule has 104 valence electrons. The molecule has 0 bridgehead atoms. The van der Waals surface area contributed by atoms with E-state index >= 15 is 0 Å². The number of nitrogens with one attached hydrogen (secondary N) is 1. The lowest BCUT2D eigenvalue weighted by Crippen LogP contribution is -2.41. The quantitative estimate of drug-likeness (QED) is 0.803. The van der Waals surface area contributed by atoms with Crippen LogP contribution in [0.3, 0.4) is 0 Å². The first-order chi connectivity index (χ1) is 8.89. The predicted molar refractivity (Wildman–Crippen MR) is 67.7 cm³/mol. The minimum atomic E-state index is -2.99. The Morgan fingerprint density at radius 2 is 2.05 bits per heavy atom. The maximum atomic E-state index is 13.6. The summed E-state index contributed by atoms with van der Waals surface area (Å²) in [7, 11) is -2.99. The Bertz CT molecular complexity index is 589. The molecular weight excluding hydrogens is 273 g/mol. The summed E-state index contributed by atoms with van der Waals surface area (Å²) in [6, 6.07) is 0.977. The first-order valence-electron chi connectivity index (χ1n) is 5.80. The van der Waals surface area contributed by atoms with Gasteiger partial charge in [-0.2, -0.15) is 0 Å². The fourth-order valence-corrected chi connectivity index (χ4v) is 3.42. The normalized spacial score (nSPS) is 19.0. The molecule has 2 heterocycles. The van der Waals surface area contributed by atoms with Crippen LogP contribution in [0.4, 0.5) is 10.2 Å². The van der Waals surface area contributed by atoms with Crippen molar-refractivity contribution in [2.75, 3.05) is 17.2 Å². The first-order valence-corrected chi connectivity index (χ1v) is 7.62. The predicted octanol–water partition coefficient (Wildman–Crippen LogP) is 0.110. The first kappa shape index (κ1) is 13.7. The van der Waals surface area contributed by atoms with Gasteiger partial charge in [0.15, 0.2) is 11.6 Å². The SMILES string of the molecule is Nc1nccc(C(=O)NC2CCS(=O)(=O)CC2)c1F. The Morgan fingerprint density at radius 1 is 1.42 bits per heavy atom. The zero-order chi connectivity index (χ0) is 14.0. The van der Waals surface area contributed by atoms with Crippen LogP contribution in [0.2, 0.25) is 0 Å². The third-order valence-electron chi connectivity index (χ3n) is 3.05. The van der Waals surface area contributed by atoms with Crippen molar-refractivity contribution < 1.29 is 17.6 Å². The van der Waals surface area contributed by atoms with Gasteiger partial charge in [0.1, 0.15) is 9.84 Å². The summed E-state index contributed by atoms with van der Waals surface area (Å²) >= 11 is 0. The number of nitrogens with two attached hydrogens (primary N) is 1. The Balaban J connectivity index is 2.04. The van der Waals surface area contributed by atoms with Crippen molar-refractivity contribution in [1.29, 1.82) is 0 Å². The molecule has 0 radical (unpaired) electrons. The molecule has 0 aliphatic carbocycles. The van der Waals surface area contributed by atoms with Gasteiger partial charge < -0.3 is 11.1 Å². The number of amides is 1. The largest absolute Gasteiger partial charge is 0.381 e. The van der Waals surface area contributed by atoms with Crippen LogP contribution in [0.5, 0.6) is 0 Å². The number of rotatable bonds is 2. The fraction of sp³-hybridized carbons (Fsp3) is 0.455. The lowest BCUT2D eigenvalue weighted by Gasteiger charge is -2.23. The van der Waals surface area contributed by atoms with Crippen LogP contribution in [0.15, 0.2) is 12.3 Å². The number of sulfone groups is 1. The summed E-state index contributed by atoms with van der Waals surface area (Å²) in [4.78, 5) is 15.4. The van der Waals surface area contributed by atoms with Crippen LogP contribution in [-0.2, 0) is 9.84 Å². The zero-order valence-corrected chi connectivity index (χ0v) is 10.9. The van der Waals surface area contributed by atoms with E-state index in [1.54, 1.807) is 0 Å². The molecule has 1 aromatic heterocycles. The summed E-state index contributed by atoms with van der Waals surface area (Å²) < 4.78 is 36.1. The highest BCUT2D eigenvalue weighted by molar-refractivity contribution is 7.91. The summed E-state index contributed by atoms with van der Waals surface area (Å²) in [5.41, 5.74) is 5.10. The average molecular weight is 287 g/mol. The van der Waals surface area contributed by atoms with Crippen LogP contribution in [0.1, 0.15) is 23.2 Å². The molecule has 0 spiro atoms. The smallest absolute Gasteiger partial charge is 0.254 e. The second kappa shape index (κ2) is 5.12. The third kappa shape index (κ3) is 3.19. The molecule has 1 saturated heterocycles. The minimum Gasteiger partial charge on any atom is -0.381 e. The zero-order valence-electron chi connectivity index (χ0n) is 10.1. The summed E-state index contributed by atoms with van der Waals surface area (Å²) in [5.74, 6) is -1.71. The van der Waals surface area contributed by atoms with Crippen molar-refractivity contribution in [3.63, 3.8) is 0 Å². The lowest BCUT2D eigenvalue weighted by molar-refractivity contribution is 0.0930. The van der Waals surface area contributed by atoms with Gasteiger partial charge in [0.05, 0.1) is 17.1 Å². The Morgan fingerprint density at radius 3 is 2.68 bits per heavy atom. The Kier molecular flexibility index (Phi) is 3.70. The number of carbonyl (C=O) groups excluding carboxylic acids is 1. The van der Waals surface area contributed by atoms with E-state index in [0.717, 1.165) is 0 Å². The van der Waals surface area contributed by atoms with E-state index in [4.69, 9.17) is 5.73 Å².